The monoisotopic (exact) mass is 365 g/mol. The molecule has 1 aliphatic rings. The highest BCUT2D eigenvalue weighted by molar-refractivity contribution is 7.94. The Morgan fingerprint density at radius 1 is 1.24 bits per heavy atom. The van der Waals surface area contributed by atoms with Crippen LogP contribution in [0.3, 0.4) is 0 Å². The average molecular weight is 365 g/mol. The zero-order valence-corrected chi connectivity index (χ0v) is 16.1. The maximum Gasteiger partial charge on any atom is 0.310 e. The number of hydrogen-bond acceptors (Lipinski definition) is 5. The second-order valence-electron chi connectivity index (χ2n) is 7.28. The number of benzene rings is 1. The summed E-state index contributed by atoms with van der Waals surface area (Å²) in [6.45, 7) is 9.56. The third kappa shape index (κ3) is 4.92. The van der Waals surface area contributed by atoms with E-state index < -0.39 is 9.84 Å². The summed E-state index contributed by atoms with van der Waals surface area (Å²) in [7, 11) is -3.51. The lowest BCUT2D eigenvalue weighted by molar-refractivity contribution is -0.148. The Bertz CT molecular complexity index is 720. The predicted molar refractivity (Wildman–Crippen MR) is 97.7 cm³/mol. The highest BCUT2D eigenvalue weighted by Crippen LogP contribution is 2.31. The van der Waals surface area contributed by atoms with E-state index in [0.29, 0.717) is 19.7 Å². The van der Waals surface area contributed by atoms with Gasteiger partial charge in [-0.3, -0.25) is 9.69 Å². The summed E-state index contributed by atoms with van der Waals surface area (Å²) in [5.74, 6) is -0.792. The van der Waals surface area contributed by atoms with Crippen LogP contribution in [-0.2, 0) is 19.4 Å². The van der Waals surface area contributed by atoms with E-state index in [1.807, 2.05) is 0 Å². The van der Waals surface area contributed by atoms with Gasteiger partial charge in [0.1, 0.15) is 0 Å². The molecular formula is C19H27NO4S. The SMILES string of the molecule is CCOC(=O)[C@@H]1CN(C(C)(C)C)C[C@H]1/C=C/S(=O)(=O)c1ccccc1. The van der Waals surface area contributed by atoms with Gasteiger partial charge in [-0.15, -0.1) is 0 Å². The van der Waals surface area contributed by atoms with E-state index in [1.54, 1.807) is 43.3 Å². The van der Waals surface area contributed by atoms with Crippen LogP contribution in [0.15, 0.2) is 46.7 Å². The first-order valence-electron chi connectivity index (χ1n) is 8.55. The Labute approximate surface area is 150 Å². The van der Waals surface area contributed by atoms with Gasteiger partial charge in [-0.25, -0.2) is 8.42 Å². The number of nitrogens with zero attached hydrogens (tertiary/aromatic N) is 1. The Morgan fingerprint density at radius 2 is 1.88 bits per heavy atom. The molecule has 2 rings (SSSR count). The van der Waals surface area contributed by atoms with Gasteiger partial charge in [0.2, 0.25) is 0 Å². The van der Waals surface area contributed by atoms with Crippen molar-refractivity contribution in [3.05, 3.63) is 41.8 Å². The van der Waals surface area contributed by atoms with Gasteiger partial charge in [0, 0.05) is 30.0 Å². The number of likely N-dealkylation sites (tertiary alicyclic amines) is 1. The molecule has 1 heterocycles. The van der Waals surface area contributed by atoms with Crippen molar-refractivity contribution < 1.29 is 17.9 Å². The Morgan fingerprint density at radius 3 is 2.44 bits per heavy atom. The Hall–Kier alpha value is -1.66. The van der Waals surface area contributed by atoms with Gasteiger partial charge in [-0.1, -0.05) is 24.3 Å². The molecular weight excluding hydrogens is 338 g/mol. The maximum atomic E-state index is 12.5. The molecule has 0 saturated carbocycles. The smallest absolute Gasteiger partial charge is 0.310 e. The number of carbonyl (C=O) groups excluding carboxylic acids is 1. The standard InChI is InChI=1S/C19H27NO4S/c1-5-24-18(21)17-14-20(19(2,3)4)13-15(17)11-12-25(22,23)16-9-7-6-8-10-16/h6-12,15,17H,5,13-14H2,1-4H3/b12-11+/t15-,17-/m1/s1. The minimum absolute atomic E-state index is 0.0916. The quantitative estimate of drug-likeness (QED) is 0.751. The normalized spacial score (nSPS) is 22.4. The molecule has 0 unspecified atom stereocenters. The first kappa shape index (κ1) is 19.7. The van der Waals surface area contributed by atoms with Gasteiger partial charge in [0.05, 0.1) is 17.4 Å². The summed E-state index contributed by atoms with van der Waals surface area (Å²) >= 11 is 0. The summed E-state index contributed by atoms with van der Waals surface area (Å²) in [6.07, 6.45) is 1.65. The molecule has 1 fully saturated rings. The number of esters is 1. The van der Waals surface area contributed by atoms with Crippen LogP contribution in [0, 0.1) is 11.8 Å². The van der Waals surface area contributed by atoms with Crippen LogP contribution in [-0.4, -0.2) is 44.5 Å². The Balaban J connectivity index is 2.23. The van der Waals surface area contributed by atoms with E-state index in [-0.39, 0.29) is 28.2 Å². The van der Waals surface area contributed by atoms with Gasteiger partial charge in [-0.05, 0) is 39.8 Å². The number of sulfone groups is 1. The molecule has 0 aromatic heterocycles. The highest BCUT2D eigenvalue weighted by Gasteiger charge is 2.41. The van der Waals surface area contributed by atoms with Crippen LogP contribution < -0.4 is 0 Å². The van der Waals surface area contributed by atoms with Crippen LogP contribution in [0.2, 0.25) is 0 Å². The van der Waals surface area contributed by atoms with Crippen molar-refractivity contribution in [2.75, 3.05) is 19.7 Å². The molecule has 25 heavy (non-hydrogen) atoms. The van der Waals surface area contributed by atoms with E-state index in [0.717, 1.165) is 0 Å². The number of hydrogen-bond donors (Lipinski definition) is 0. The van der Waals surface area contributed by atoms with Crippen molar-refractivity contribution in [2.24, 2.45) is 11.8 Å². The van der Waals surface area contributed by atoms with E-state index in [2.05, 4.69) is 25.7 Å². The van der Waals surface area contributed by atoms with Gasteiger partial charge in [0.25, 0.3) is 0 Å². The zero-order valence-electron chi connectivity index (χ0n) is 15.3. The Kier molecular flexibility index (Phi) is 6.06. The van der Waals surface area contributed by atoms with Crippen molar-refractivity contribution in [1.82, 2.24) is 4.90 Å². The van der Waals surface area contributed by atoms with Crippen molar-refractivity contribution in [3.63, 3.8) is 0 Å². The highest BCUT2D eigenvalue weighted by atomic mass is 32.2. The molecule has 1 aromatic carbocycles. The zero-order chi connectivity index (χ0) is 18.7. The molecule has 0 bridgehead atoms. The number of carbonyl (C=O) groups is 1. The molecule has 0 radical (unpaired) electrons. The van der Waals surface area contributed by atoms with Gasteiger partial charge in [0.15, 0.2) is 9.84 Å². The minimum atomic E-state index is -3.51. The second-order valence-corrected chi connectivity index (χ2v) is 9.12. The lowest BCUT2D eigenvalue weighted by Crippen LogP contribution is -2.40. The lowest BCUT2D eigenvalue weighted by Gasteiger charge is -2.31. The molecule has 1 saturated heterocycles. The van der Waals surface area contributed by atoms with E-state index >= 15 is 0 Å². The van der Waals surface area contributed by atoms with Crippen LogP contribution in [0.4, 0.5) is 0 Å². The third-order valence-corrected chi connectivity index (χ3v) is 5.92. The fourth-order valence-corrected chi connectivity index (χ4v) is 4.07. The van der Waals surface area contributed by atoms with Crippen molar-refractivity contribution in [2.45, 2.75) is 38.1 Å². The van der Waals surface area contributed by atoms with Crippen molar-refractivity contribution >= 4 is 15.8 Å². The van der Waals surface area contributed by atoms with E-state index in [9.17, 15) is 13.2 Å². The summed E-state index contributed by atoms with van der Waals surface area (Å²) < 4.78 is 30.1. The molecule has 2 atom stereocenters. The van der Waals surface area contributed by atoms with Gasteiger partial charge >= 0.3 is 5.97 Å². The van der Waals surface area contributed by atoms with Crippen molar-refractivity contribution in [1.29, 1.82) is 0 Å². The van der Waals surface area contributed by atoms with Crippen LogP contribution >= 0.6 is 0 Å². The lowest BCUT2D eigenvalue weighted by atomic mass is 9.96. The minimum Gasteiger partial charge on any atom is -0.466 e. The summed E-state index contributed by atoms with van der Waals surface area (Å²) in [5, 5.41) is 1.23. The van der Waals surface area contributed by atoms with Gasteiger partial charge < -0.3 is 4.74 Å². The molecule has 0 spiro atoms. The number of ether oxygens (including phenoxy) is 1. The van der Waals surface area contributed by atoms with Crippen LogP contribution in [0.1, 0.15) is 27.7 Å². The second kappa shape index (κ2) is 7.70. The van der Waals surface area contributed by atoms with E-state index in [1.165, 1.54) is 5.41 Å². The fourth-order valence-electron chi connectivity index (χ4n) is 2.96. The largest absolute Gasteiger partial charge is 0.466 e. The molecule has 138 valence electrons. The van der Waals surface area contributed by atoms with Crippen molar-refractivity contribution in [3.8, 4) is 0 Å². The topological polar surface area (TPSA) is 63.7 Å². The molecule has 1 aromatic rings. The van der Waals surface area contributed by atoms with E-state index in [4.69, 9.17) is 4.74 Å². The number of rotatable bonds is 5. The summed E-state index contributed by atoms with van der Waals surface area (Å²) in [5.41, 5.74) is -0.0916. The predicted octanol–water partition coefficient (Wildman–Crippen LogP) is 2.88. The maximum absolute atomic E-state index is 12.5. The molecule has 0 amide bonds. The van der Waals surface area contributed by atoms with Crippen LogP contribution in [0.5, 0.6) is 0 Å². The van der Waals surface area contributed by atoms with Crippen LogP contribution in [0.25, 0.3) is 0 Å². The summed E-state index contributed by atoms with van der Waals surface area (Å²) in [6, 6.07) is 8.30. The fraction of sp³-hybridized carbons (Fsp3) is 0.526. The summed E-state index contributed by atoms with van der Waals surface area (Å²) in [4.78, 5) is 14.7. The molecule has 0 N–H and O–H groups in total. The molecule has 0 aliphatic carbocycles. The molecule has 5 nitrogen and oxygen atoms in total. The molecule has 6 heteroatoms. The third-order valence-electron chi connectivity index (χ3n) is 4.48. The first-order chi connectivity index (χ1) is 11.6. The van der Waals surface area contributed by atoms with Gasteiger partial charge in [-0.2, -0.15) is 0 Å². The molecule has 1 aliphatic heterocycles. The average Bonchev–Trinajstić information content (AvgIpc) is 2.99. The first-order valence-corrected chi connectivity index (χ1v) is 10.1.